The monoisotopic (exact) mass is 242 g/mol. The second kappa shape index (κ2) is 6.37. The first-order valence-corrected chi connectivity index (χ1v) is 5.39. The van der Waals surface area contributed by atoms with E-state index in [4.69, 9.17) is 23.8 Å². The van der Waals surface area contributed by atoms with Crippen molar-refractivity contribution in [3.8, 4) is 0 Å². The zero-order valence-corrected chi connectivity index (χ0v) is 9.95. The van der Waals surface area contributed by atoms with Gasteiger partial charge in [0.2, 0.25) is 5.11 Å². The van der Waals surface area contributed by atoms with E-state index in [0.29, 0.717) is 5.11 Å². The molecule has 1 aromatic carbocycles. The van der Waals surface area contributed by atoms with E-state index in [1.165, 1.54) is 0 Å². The molecule has 80 valence electrons. The molecular weight excluding hydrogens is 230 g/mol. The van der Waals surface area contributed by atoms with Crippen LogP contribution in [0.15, 0.2) is 24.3 Å². The van der Waals surface area contributed by atoms with Gasteiger partial charge in [0.05, 0.1) is 0 Å². The first kappa shape index (κ1) is 11.9. The number of halogens is 1. The van der Waals surface area contributed by atoms with Crippen LogP contribution in [0, 0.1) is 0 Å². The Balaban J connectivity index is 2.44. The average molecular weight is 243 g/mol. The molecule has 0 unspecified atom stereocenters. The number of hydrogen-bond acceptors (Lipinski definition) is 1. The Morgan fingerprint density at radius 2 is 2.13 bits per heavy atom. The van der Waals surface area contributed by atoms with Crippen molar-refractivity contribution >= 4 is 35.1 Å². The first-order chi connectivity index (χ1) is 7.22. The summed E-state index contributed by atoms with van der Waals surface area (Å²) in [6.45, 7) is 2.78. The number of nitrogens with one attached hydrogen (secondary N) is 3. The van der Waals surface area contributed by atoms with Gasteiger partial charge in [-0.3, -0.25) is 0 Å². The van der Waals surface area contributed by atoms with Crippen molar-refractivity contribution in [2.75, 3.05) is 6.54 Å². The third-order valence-electron chi connectivity index (χ3n) is 1.63. The first-order valence-electron chi connectivity index (χ1n) is 4.60. The molecule has 0 aromatic heterocycles. The molecule has 3 N–H and O–H groups in total. The molecule has 0 aliphatic heterocycles. The molecule has 15 heavy (non-hydrogen) atoms. The molecule has 0 aliphatic carbocycles. The fourth-order valence-electron chi connectivity index (χ4n) is 0.949. The molecule has 0 radical (unpaired) electrons. The normalized spacial score (nSPS) is 10.3. The van der Waals surface area contributed by atoms with E-state index in [1.54, 1.807) is 6.21 Å². The Kier molecular flexibility index (Phi) is 5.07. The maximum absolute atomic E-state index is 5.76. The highest BCUT2D eigenvalue weighted by molar-refractivity contribution is 7.80. The van der Waals surface area contributed by atoms with Crippen LogP contribution in [0.5, 0.6) is 0 Å². The van der Waals surface area contributed by atoms with Gasteiger partial charge >= 0.3 is 0 Å². The Bertz CT molecular complexity index is 348. The Morgan fingerprint density at radius 3 is 2.73 bits per heavy atom. The number of hydrazone groups is 1. The van der Waals surface area contributed by atoms with Gasteiger partial charge in [-0.1, -0.05) is 11.6 Å². The molecule has 0 spiro atoms. The highest BCUT2D eigenvalue weighted by Gasteiger charge is 1.94. The summed E-state index contributed by atoms with van der Waals surface area (Å²) in [6.07, 6.45) is 1.81. The lowest BCUT2D eigenvalue weighted by Gasteiger charge is -1.98. The SMILES string of the molecule is CCNC(=S)N[NH+]=Cc1ccc(Cl)cc1. The second-order valence-electron chi connectivity index (χ2n) is 2.82. The van der Waals surface area contributed by atoms with Crippen molar-refractivity contribution in [1.82, 2.24) is 10.7 Å². The minimum absolute atomic E-state index is 0.572. The number of rotatable bonds is 3. The van der Waals surface area contributed by atoms with Crippen molar-refractivity contribution in [2.45, 2.75) is 6.92 Å². The van der Waals surface area contributed by atoms with Crippen LogP contribution in [-0.4, -0.2) is 17.9 Å². The molecule has 0 saturated heterocycles. The Morgan fingerprint density at radius 1 is 1.47 bits per heavy atom. The van der Waals surface area contributed by atoms with E-state index in [-0.39, 0.29) is 0 Å². The van der Waals surface area contributed by atoms with Gasteiger partial charge in [0.25, 0.3) is 0 Å². The van der Waals surface area contributed by atoms with Gasteiger partial charge in [-0.15, -0.1) is 10.5 Å². The van der Waals surface area contributed by atoms with Gasteiger partial charge in [-0.2, -0.15) is 0 Å². The topological polar surface area (TPSA) is 38.0 Å². The smallest absolute Gasteiger partial charge is 0.223 e. The fraction of sp³-hybridized carbons (Fsp3) is 0.200. The van der Waals surface area contributed by atoms with E-state index in [9.17, 15) is 0 Å². The number of hydrazine groups is 1. The predicted octanol–water partition coefficient (Wildman–Crippen LogP) is 0.239. The summed E-state index contributed by atoms with van der Waals surface area (Å²) in [4.78, 5) is 0. The third kappa shape index (κ3) is 4.76. The van der Waals surface area contributed by atoms with Gasteiger partial charge in [-0.25, -0.2) is 0 Å². The fourth-order valence-corrected chi connectivity index (χ4v) is 1.28. The third-order valence-corrected chi connectivity index (χ3v) is 2.13. The molecule has 0 fully saturated rings. The average Bonchev–Trinajstić information content (AvgIpc) is 2.21. The van der Waals surface area contributed by atoms with Gasteiger partial charge in [0, 0.05) is 17.1 Å². The summed E-state index contributed by atoms with van der Waals surface area (Å²) in [7, 11) is 0. The molecule has 3 nitrogen and oxygen atoms in total. The van der Waals surface area contributed by atoms with E-state index >= 15 is 0 Å². The molecular formula is C10H13ClN3S+. The summed E-state index contributed by atoms with van der Waals surface area (Å²) < 4.78 is 0. The predicted molar refractivity (Wildman–Crippen MR) is 67.0 cm³/mol. The Hall–Kier alpha value is -1.13. The molecule has 0 saturated carbocycles. The minimum Gasteiger partial charge on any atom is -0.359 e. The second-order valence-corrected chi connectivity index (χ2v) is 3.67. The zero-order chi connectivity index (χ0) is 11.1. The largest absolute Gasteiger partial charge is 0.359 e. The lowest BCUT2D eigenvalue weighted by atomic mass is 10.2. The maximum Gasteiger partial charge on any atom is 0.223 e. The standard InChI is InChI=1S/C10H12ClN3S/c1-2-12-10(15)14-13-7-8-3-5-9(11)6-4-8/h3-7H,2H2,1H3,(H2,12,14,15)/p+1. The highest BCUT2D eigenvalue weighted by atomic mass is 35.5. The van der Waals surface area contributed by atoms with Crippen LogP contribution in [-0.2, 0) is 0 Å². The molecule has 1 aromatic rings. The van der Waals surface area contributed by atoms with Gasteiger partial charge in [0.1, 0.15) is 0 Å². The molecule has 1 rings (SSSR count). The van der Waals surface area contributed by atoms with Crippen molar-refractivity contribution in [3.05, 3.63) is 34.9 Å². The van der Waals surface area contributed by atoms with Crippen molar-refractivity contribution in [3.63, 3.8) is 0 Å². The van der Waals surface area contributed by atoms with Gasteiger partial charge in [-0.05, 0) is 43.4 Å². The molecule has 0 heterocycles. The van der Waals surface area contributed by atoms with Crippen molar-refractivity contribution < 1.29 is 5.10 Å². The summed E-state index contributed by atoms with van der Waals surface area (Å²) in [6, 6.07) is 7.48. The van der Waals surface area contributed by atoms with Crippen molar-refractivity contribution in [2.24, 2.45) is 0 Å². The zero-order valence-electron chi connectivity index (χ0n) is 8.38. The van der Waals surface area contributed by atoms with Crippen LogP contribution in [0.1, 0.15) is 12.5 Å². The van der Waals surface area contributed by atoms with Crippen LogP contribution >= 0.6 is 23.8 Å². The molecule has 0 bridgehead atoms. The number of thiocarbonyl (C=S) groups is 1. The molecule has 0 atom stereocenters. The minimum atomic E-state index is 0.572. The number of hydrogen-bond donors (Lipinski definition) is 3. The van der Waals surface area contributed by atoms with E-state index in [2.05, 4.69) is 15.8 Å². The summed E-state index contributed by atoms with van der Waals surface area (Å²) in [5, 5.41) is 7.14. The van der Waals surface area contributed by atoms with Crippen LogP contribution in [0.3, 0.4) is 0 Å². The highest BCUT2D eigenvalue weighted by Crippen LogP contribution is 2.06. The van der Waals surface area contributed by atoms with Crippen LogP contribution < -0.4 is 15.8 Å². The van der Waals surface area contributed by atoms with E-state index < -0.39 is 0 Å². The van der Waals surface area contributed by atoms with Crippen LogP contribution in [0.2, 0.25) is 5.02 Å². The van der Waals surface area contributed by atoms with E-state index in [0.717, 1.165) is 17.1 Å². The van der Waals surface area contributed by atoms with Gasteiger partial charge < -0.3 is 5.32 Å². The summed E-state index contributed by atoms with van der Waals surface area (Å²) in [5.41, 5.74) is 3.85. The summed E-state index contributed by atoms with van der Waals surface area (Å²) >= 11 is 10.7. The molecule has 0 aliphatic rings. The van der Waals surface area contributed by atoms with E-state index in [1.807, 2.05) is 31.2 Å². The lowest BCUT2D eigenvalue weighted by Crippen LogP contribution is -2.82. The molecule has 5 heteroatoms. The van der Waals surface area contributed by atoms with Crippen molar-refractivity contribution in [1.29, 1.82) is 0 Å². The molecule has 0 amide bonds. The quantitative estimate of drug-likeness (QED) is 0.404. The van der Waals surface area contributed by atoms with Crippen LogP contribution in [0.4, 0.5) is 0 Å². The van der Waals surface area contributed by atoms with Gasteiger partial charge in [0.15, 0.2) is 6.21 Å². The lowest BCUT2D eigenvalue weighted by molar-refractivity contribution is -0.500. The van der Waals surface area contributed by atoms with Crippen LogP contribution in [0.25, 0.3) is 0 Å². The Labute approximate surface area is 99.5 Å². The maximum atomic E-state index is 5.76. The summed E-state index contributed by atoms with van der Waals surface area (Å²) in [5.74, 6) is 0. The number of benzene rings is 1.